The molecule has 0 aliphatic heterocycles. The summed E-state index contributed by atoms with van der Waals surface area (Å²) >= 11 is 0. The summed E-state index contributed by atoms with van der Waals surface area (Å²) in [6.45, 7) is 8.97. The zero-order valence-electron chi connectivity index (χ0n) is 10.1. The fourth-order valence-corrected chi connectivity index (χ4v) is 2.65. The Bertz CT molecular complexity index is 392. The van der Waals surface area contributed by atoms with Crippen molar-refractivity contribution in [2.75, 3.05) is 5.73 Å². The van der Waals surface area contributed by atoms with Gasteiger partial charge in [0.2, 0.25) is 0 Å². The average Bonchev–Trinajstić information content (AvgIpc) is 2.41. The smallest absolute Gasteiger partial charge is 0.127 e. The molecule has 1 aliphatic rings. The van der Waals surface area contributed by atoms with Crippen molar-refractivity contribution in [3.63, 3.8) is 0 Å². The summed E-state index contributed by atoms with van der Waals surface area (Å²) in [6.07, 6.45) is 4.35. The minimum Gasteiger partial charge on any atom is -0.383 e. The molecule has 82 valence electrons. The second kappa shape index (κ2) is 3.22. The highest BCUT2D eigenvalue weighted by Gasteiger charge is 2.32. The van der Waals surface area contributed by atoms with Crippen LogP contribution in [0.2, 0.25) is 0 Å². The third kappa shape index (κ3) is 1.52. The van der Waals surface area contributed by atoms with E-state index < -0.39 is 0 Å². The van der Waals surface area contributed by atoms with Gasteiger partial charge < -0.3 is 5.73 Å². The molecule has 1 aromatic heterocycles. The van der Waals surface area contributed by atoms with Gasteiger partial charge in [-0.15, -0.1) is 0 Å². The van der Waals surface area contributed by atoms with E-state index in [1.807, 2.05) is 6.20 Å². The summed E-state index contributed by atoms with van der Waals surface area (Å²) in [6, 6.07) is 0. The van der Waals surface area contributed by atoms with Crippen molar-refractivity contribution in [3.05, 3.63) is 22.9 Å². The molecule has 0 atom stereocenters. The molecule has 1 heterocycles. The van der Waals surface area contributed by atoms with Crippen molar-refractivity contribution >= 4 is 5.82 Å². The summed E-state index contributed by atoms with van der Waals surface area (Å²) in [7, 11) is 0. The Labute approximate surface area is 91.9 Å². The Kier molecular flexibility index (Phi) is 2.25. The molecule has 0 spiro atoms. The molecule has 0 unspecified atom stereocenters. The highest BCUT2D eigenvalue weighted by Crippen LogP contribution is 2.42. The first-order valence-corrected chi connectivity index (χ1v) is 5.71. The summed E-state index contributed by atoms with van der Waals surface area (Å²) in [5, 5.41) is 0. The van der Waals surface area contributed by atoms with Crippen molar-refractivity contribution in [1.82, 2.24) is 4.98 Å². The maximum atomic E-state index is 5.97. The van der Waals surface area contributed by atoms with E-state index in [1.54, 1.807) is 0 Å². The Balaban J connectivity index is 2.64. The normalized spacial score (nSPS) is 18.2. The number of nitrogens with zero attached hydrogens (tertiary/aromatic N) is 1. The zero-order chi connectivity index (χ0) is 11.2. The third-order valence-corrected chi connectivity index (χ3v) is 3.57. The van der Waals surface area contributed by atoms with Crippen LogP contribution in [0.1, 0.15) is 56.7 Å². The van der Waals surface area contributed by atoms with Crippen LogP contribution in [-0.4, -0.2) is 4.98 Å². The van der Waals surface area contributed by atoms with Crippen LogP contribution in [0.4, 0.5) is 5.82 Å². The summed E-state index contributed by atoms with van der Waals surface area (Å²) in [4.78, 5) is 4.35. The van der Waals surface area contributed by atoms with Gasteiger partial charge in [0, 0.05) is 11.8 Å². The average molecular weight is 204 g/mol. The van der Waals surface area contributed by atoms with E-state index in [0.717, 1.165) is 12.2 Å². The van der Waals surface area contributed by atoms with E-state index in [4.69, 9.17) is 5.73 Å². The molecular formula is C13H20N2. The second-order valence-electron chi connectivity index (χ2n) is 5.49. The van der Waals surface area contributed by atoms with Crippen molar-refractivity contribution in [2.45, 2.75) is 51.9 Å². The molecule has 0 aromatic carbocycles. The van der Waals surface area contributed by atoms with Crippen LogP contribution in [-0.2, 0) is 11.8 Å². The maximum Gasteiger partial charge on any atom is 0.127 e. The largest absolute Gasteiger partial charge is 0.383 e. The van der Waals surface area contributed by atoms with Crippen LogP contribution < -0.4 is 5.73 Å². The molecule has 2 rings (SSSR count). The molecule has 1 aliphatic carbocycles. The number of rotatable bonds is 1. The number of nitrogens with two attached hydrogens (primary N) is 1. The first kappa shape index (κ1) is 10.5. The van der Waals surface area contributed by atoms with Gasteiger partial charge in [-0.25, -0.2) is 4.98 Å². The summed E-state index contributed by atoms with van der Waals surface area (Å²) in [5.41, 5.74) is 10.4. The molecule has 15 heavy (non-hydrogen) atoms. The lowest BCUT2D eigenvalue weighted by molar-refractivity contribution is 0.521. The lowest BCUT2D eigenvalue weighted by Gasteiger charge is -2.20. The molecule has 0 radical (unpaired) electrons. The third-order valence-electron chi connectivity index (χ3n) is 3.57. The molecule has 0 saturated carbocycles. The fourth-order valence-electron chi connectivity index (χ4n) is 2.65. The van der Waals surface area contributed by atoms with Gasteiger partial charge in [-0.1, -0.05) is 27.7 Å². The minimum absolute atomic E-state index is 0.277. The summed E-state index contributed by atoms with van der Waals surface area (Å²) < 4.78 is 0. The molecule has 2 N–H and O–H groups in total. The van der Waals surface area contributed by atoms with Crippen molar-refractivity contribution in [2.24, 2.45) is 0 Å². The molecule has 0 saturated heterocycles. The molecular weight excluding hydrogens is 184 g/mol. The lowest BCUT2D eigenvalue weighted by Crippen LogP contribution is -2.13. The van der Waals surface area contributed by atoms with Gasteiger partial charge >= 0.3 is 0 Å². The van der Waals surface area contributed by atoms with Gasteiger partial charge in [0.15, 0.2) is 0 Å². The first-order chi connectivity index (χ1) is 6.93. The van der Waals surface area contributed by atoms with Crippen molar-refractivity contribution in [1.29, 1.82) is 0 Å². The van der Waals surface area contributed by atoms with Crippen LogP contribution in [0.25, 0.3) is 0 Å². The standard InChI is InChI=1S/C13H20N2/c1-8(2)11-9-5-6-13(3,4)10(9)7-15-12(11)14/h7-8H,5-6H2,1-4H3,(H2,14,15). The van der Waals surface area contributed by atoms with Gasteiger partial charge in [-0.2, -0.15) is 0 Å². The quantitative estimate of drug-likeness (QED) is 0.763. The zero-order valence-corrected chi connectivity index (χ0v) is 10.1. The number of hydrogen-bond acceptors (Lipinski definition) is 2. The first-order valence-electron chi connectivity index (χ1n) is 5.71. The van der Waals surface area contributed by atoms with E-state index in [-0.39, 0.29) is 5.41 Å². The Morgan fingerprint density at radius 2 is 2.07 bits per heavy atom. The molecule has 2 nitrogen and oxygen atoms in total. The Morgan fingerprint density at radius 1 is 1.40 bits per heavy atom. The minimum atomic E-state index is 0.277. The van der Waals surface area contributed by atoms with Crippen molar-refractivity contribution in [3.8, 4) is 0 Å². The predicted octanol–water partition coefficient (Wildman–Crippen LogP) is 3.01. The Hall–Kier alpha value is -1.05. The fraction of sp³-hybridized carbons (Fsp3) is 0.615. The topological polar surface area (TPSA) is 38.9 Å². The number of aromatic nitrogens is 1. The second-order valence-corrected chi connectivity index (χ2v) is 5.49. The van der Waals surface area contributed by atoms with Gasteiger partial charge in [0.05, 0.1) is 0 Å². The van der Waals surface area contributed by atoms with Gasteiger partial charge in [-0.05, 0) is 35.3 Å². The van der Waals surface area contributed by atoms with Crippen LogP contribution in [0.5, 0.6) is 0 Å². The predicted molar refractivity (Wildman–Crippen MR) is 64.1 cm³/mol. The highest BCUT2D eigenvalue weighted by molar-refractivity contribution is 5.53. The van der Waals surface area contributed by atoms with Gasteiger partial charge in [0.25, 0.3) is 0 Å². The maximum absolute atomic E-state index is 5.97. The number of nitrogen functional groups attached to an aromatic ring is 1. The van der Waals surface area contributed by atoms with Crippen molar-refractivity contribution < 1.29 is 0 Å². The van der Waals surface area contributed by atoms with Crippen LogP contribution in [0.3, 0.4) is 0 Å². The van der Waals surface area contributed by atoms with Crippen LogP contribution in [0.15, 0.2) is 6.20 Å². The molecule has 0 fully saturated rings. The van der Waals surface area contributed by atoms with Crippen LogP contribution in [0, 0.1) is 0 Å². The SMILES string of the molecule is CC(C)c1c(N)ncc2c1CCC2(C)C. The van der Waals surface area contributed by atoms with E-state index in [1.165, 1.54) is 23.1 Å². The lowest BCUT2D eigenvalue weighted by atomic mass is 9.86. The van der Waals surface area contributed by atoms with E-state index >= 15 is 0 Å². The monoisotopic (exact) mass is 204 g/mol. The van der Waals surface area contributed by atoms with Gasteiger partial charge in [-0.3, -0.25) is 0 Å². The Morgan fingerprint density at radius 3 is 2.67 bits per heavy atom. The van der Waals surface area contributed by atoms with Crippen LogP contribution >= 0.6 is 0 Å². The number of pyridine rings is 1. The van der Waals surface area contributed by atoms with Gasteiger partial charge in [0.1, 0.15) is 5.82 Å². The van der Waals surface area contributed by atoms with E-state index in [2.05, 4.69) is 32.7 Å². The number of fused-ring (bicyclic) bond motifs is 1. The van der Waals surface area contributed by atoms with E-state index in [9.17, 15) is 0 Å². The molecule has 2 heteroatoms. The molecule has 1 aromatic rings. The molecule has 0 amide bonds. The molecule has 0 bridgehead atoms. The number of hydrogen-bond donors (Lipinski definition) is 1. The summed E-state index contributed by atoms with van der Waals surface area (Å²) in [5.74, 6) is 1.20. The van der Waals surface area contributed by atoms with E-state index in [0.29, 0.717) is 5.92 Å². The number of anilines is 1. The highest BCUT2D eigenvalue weighted by atomic mass is 14.8.